The molecule has 0 saturated heterocycles. The highest BCUT2D eigenvalue weighted by Gasteiger charge is 2.29. The maximum atomic E-state index is 11.9. The van der Waals surface area contributed by atoms with Crippen molar-refractivity contribution in [2.45, 2.75) is 5.92 Å². The number of hydrogen-bond donors (Lipinski definition) is 2. The smallest absolute Gasteiger partial charge is 0.329 e. The third-order valence-corrected chi connectivity index (χ3v) is 2.79. The van der Waals surface area contributed by atoms with Crippen LogP contribution in [0.4, 0.5) is 0 Å². The molecule has 1 aromatic carbocycles. The summed E-state index contributed by atoms with van der Waals surface area (Å²) in [6.07, 6.45) is 0. The van der Waals surface area contributed by atoms with Gasteiger partial charge in [0.25, 0.3) is 0 Å². The van der Waals surface area contributed by atoms with Crippen LogP contribution < -0.4 is 10.1 Å². The zero-order valence-corrected chi connectivity index (χ0v) is 10.3. The van der Waals surface area contributed by atoms with Gasteiger partial charge in [-0.05, 0) is 6.07 Å². The molecule has 0 spiro atoms. The first-order valence-corrected chi connectivity index (χ1v) is 5.97. The maximum Gasteiger partial charge on any atom is 0.329 e. The Kier molecular flexibility index (Phi) is 4.35. The fourth-order valence-corrected chi connectivity index (χ4v) is 1.91. The van der Waals surface area contributed by atoms with Crippen LogP contribution in [0.1, 0.15) is 11.5 Å². The zero-order chi connectivity index (χ0) is 13.7. The van der Waals surface area contributed by atoms with E-state index in [0.717, 1.165) is 11.3 Å². The third kappa shape index (κ3) is 3.45. The summed E-state index contributed by atoms with van der Waals surface area (Å²) in [4.78, 5) is 22.2. The summed E-state index contributed by atoms with van der Waals surface area (Å²) < 4.78 is 10.3. The van der Waals surface area contributed by atoms with E-state index in [1.54, 1.807) is 0 Å². The minimum atomic E-state index is -1.02. The van der Waals surface area contributed by atoms with Gasteiger partial charge in [-0.25, -0.2) is 4.79 Å². The van der Waals surface area contributed by atoms with Crippen LogP contribution in [0.2, 0.25) is 0 Å². The fourth-order valence-electron chi connectivity index (χ4n) is 1.91. The number of hydrogen-bond acceptors (Lipinski definition) is 4. The summed E-state index contributed by atoms with van der Waals surface area (Å²) >= 11 is 0. The molecule has 1 unspecified atom stereocenters. The highest BCUT2D eigenvalue weighted by Crippen LogP contribution is 2.33. The number of para-hydroxylation sites is 1. The quantitative estimate of drug-likeness (QED) is 0.726. The molecule has 0 fully saturated rings. The van der Waals surface area contributed by atoms with E-state index < -0.39 is 5.97 Å². The van der Waals surface area contributed by atoms with Gasteiger partial charge in [0.2, 0.25) is 5.91 Å². The van der Waals surface area contributed by atoms with E-state index in [1.807, 2.05) is 24.3 Å². The van der Waals surface area contributed by atoms with Gasteiger partial charge in [0.1, 0.15) is 24.9 Å². The fraction of sp³-hybridized carbons (Fsp3) is 0.385. The number of amides is 1. The Bertz CT molecular complexity index is 474. The molecular formula is C13H15NO5. The molecule has 1 aromatic rings. The van der Waals surface area contributed by atoms with Crippen LogP contribution in [0.25, 0.3) is 0 Å². The number of carbonyl (C=O) groups is 2. The van der Waals surface area contributed by atoms with Crippen molar-refractivity contribution in [1.29, 1.82) is 0 Å². The highest BCUT2D eigenvalue weighted by molar-refractivity contribution is 5.85. The molecule has 19 heavy (non-hydrogen) atoms. The van der Waals surface area contributed by atoms with Gasteiger partial charge >= 0.3 is 5.97 Å². The predicted octanol–water partition coefficient (Wildman–Crippen LogP) is 0.380. The Balaban J connectivity index is 1.77. The maximum absolute atomic E-state index is 11.9. The number of carbonyl (C=O) groups excluding carboxylic acids is 1. The molecule has 0 bridgehead atoms. The Morgan fingerprint density at radius 3 is 3.00 bits per heavy atom. The van der Waals surface area contributed by atoms with E-state index in [9.17, 15) is 9.59 Å². The first-order chi connectivity index (χ1) is 9.18. The van der Waals surface area contributed by atoms with Crippen molar-refractivity contribution in [1.82, 2.24) is 5.32 Å². The van der Waals surface area contributed by atoms with Crippen LogP contribution in [0.3, 0.4) is 0 Å². The lowest BCUT2D eigenvalue weighted by atomic mass is 10.0. The van der Waals surface area contributed by atoms with Gasteiger partial charge in [0.05, 0.1) is 6.61 Å². The zero-order valence-electron chi connectivity index (χ0n) is 10.3. The predicted molar refractivity (Wildman–Crippen MR) is 66.1 cm³/mol. The number of benzene rings is 1. The van der Waals surface area contributed by atoms with E-state index in [1.165, 1.54) is 0 Å². The average Bonchev–Trinajstić information content (AvgIpc) is 2.81. The average molecular weight is 265 g/mol. The first kappa shape index (κ1) is 13.4. The van der Waals surface area contributed by atoms with Gasteiger partial charge in [-0.3, -0.25) is 4.79 Å². The summed E-state index contributed by atoms with van der Waals surface area (Å²) in [6, 6.07) is 7.43. The van der Waals surface area contributed by atoms with E-state index in [0.29, 0.717) is 6.61 Å². The Labute approximate surface area is 110 Å². The van der Waals surface area contributed by atoms with E-state index >= 15 is 0 Å². The molecule has 1 amide bonds. The standard InChI is InChI=1S/C13H15NO5/c15-12(16)8-18-6-5-14-13(17)10-7-19-11-4-2-1-3-9(10)11/h1-4,10H,5-8H2,(H,14,17)(H,15,16). The topological polar surface area (TPSA) is 84.9 Å². The second-order valence-corrected chi connectivity index (χ2v) is 4.14. The number of fused-ring (bicyclic) bond motifs is 1. The molecule has 2 N–H and O–H groups in total. The number of nitrogens with one attached hydrogen (secondary N) is 1. The van der Waals surface area contributed by atoms with Gasteiger partial charge in [-0.2, -0.15) is 0 Å². The molecule has 102 valence electrons. The van der Waals surface area contributed by atoms with Crippen molar-refractivity contribution in [3.05, 3.63) is 29.8 Å². The summed E-state index contributed by atoms with van der Waals surface area (Å²) in [6.45, 7) is 0.435. The van der Waals surface area contributed by atoms with Gasteiger partial charge in [0.15, 0.2) is 0 Å². The lowest BCUT2D eigenvalue weighted by molar-refractivity contribution is -0.142. The lowest BCUT2D eigenvalue weighted by Crippen LogP contribution is -2.33. The van der Waals surface area contributed by atoms with E-state index in [4.69, 9.17) is 14.6 Å². The summed E-state index contributed by atoms with van der Waals surface area (Å²) in [7, 11) is 0. The molecule has 1 aliphatic heterocycles. The largest absolute Gasteiger partial charge is 0.492 e. The summed E-state index contributed by atoms with van der Waals surface area (Å²) in [5.41, 5.74) is 0.881. The van der Waals surface area contributed by atoms with Crippen LogP contribution in [-0.4, -0.2) is 43.3 Å². The normalized spacial score (nSPS) is 16.5. The van der Waals surface area contributed by atoms with Crippen LogP contribution in [0.15, 0.2) is 24.3 Å². The van der Waals surface area contributed by atoms with E-state index in [2.05, 4.69) is 5.32 Å². The molecule has 0 aromatic heterocycles. The molecule has 1 atom stereocenters. The minimum absolute atomic E-state index is 0.135. The number of carboxylic acid groups (broad SMARTS) is 1. The summed E-state index contributed by atoms with van der Waals surface area (Å²) in [5, 5.41) is 11.1. The van der Waals surface area contributed by atoms with Gasteiger partial charge in [0, 0.05) is 12.1 Å². The number of aliphatic carboxylic acids is 1. The highest BCUT2D eigenvalue weighted by atomic mass is 16.5. The van der Waals surface area contributed by atoms with Crippen molar-refractivity contribution < 1.29 is 24.2 Å². The van der Waals surface area contributed by atoms with Gasteiger partial charge in [-0.15, -0.1) is 0 Å². The van der Waals surface area contributed by atoms with Crippen molar-refractivity contribution in [2.24, 2.45) is 0 Å². The molecule has 6 nitrogen and oxygen atoms in total. The Morgan fingerprint density at radius 1 is 1.42 bits per heavy atom. The van der Waals surface area contributed by atoms with Crippen LogP contribution >= 0.6 is 0 Å². The van der Waals surface area contributed by atoms with Crippen LogP contribution in [0, 0.1) is 0 Å². The van der Waals surface area contributed by atoms with Crippen molar-refractivity contribution in [2.75, 3.05) is 26.4 Å². The molecule has 2 rings (SSSR count). The Hall–Kier alpha value is -2.08. The Morgan fingerprint density at radius 2 is 2.21 bits per heavy atom. The molecule has 1 heterocycles. The molecule has 0 aliphatic carbocycles. The van der Waals surface area contributed by atoms with E-state index in [-0.39, 0.29) is 31.6 Å². The van der Waals surface area contributed by atoms with Crippen molar-refractivity contribution in [3.63, 3.8) is 0 Å². The molecule has 0 saturated carbocycles. The van der Waals surface area contributed by atoms with Gasteiger partial charge < -0.3 is 19.9 Å². The van der Waals surface area contributed by atoms with Gasteiger partial charge in [-0.1, -0.05) is 18.2 Å². The van der Waals surface area contributed by atoms with Crippen molar-refractivity contribution in [3.8, 4) is 5.75 Å². The molecule has 0 radical (unpaired) electrons. The van der Waals surface area contributed by atoms with Crippen LogP contribution in [-0.2, 0) is 14.3 Å². The summed E-state index contributed by atoms with van der Waals surface area (Å²) in [5.74, 6) is -0.728. The second kappa shape index (κ2) is 6.19. The first-order valence-electron chi connectivity index (χ1n) is 5.97. The molecule has 6 heteroatoms. The lowest BCUT2D eigenvalue weighted by Gasteiger charge is -2.10. The number of rotatable bonds is 6. The van der Waals surface area contributed by atoms with Crippen molar-refractivity contribution >= 4 is 11.9 Å². The van der Waals surface area contributed by atoms with Crippen LogP contribution in [0.5, 0.6) is 5.75 Å². The third-order valence-electron chi connectivity index (χ3n) is 2.79. The number of carboxylic acids is 1. The molecular weight excluding hydrogens is 250 g/mol. The monoisotopic (exact) mass is 265 g/mol. The number of ether oxygens (including phenoxy) is 2. The molecule has 1 aliphatic rings. The second-order valence-electron chi connectivity index (χ2n) is 4.14. The SMILES string of the molecule is O=C(O)COCCNC(=O)C1COc2ccccc21. The minimum Gasteiger partial charge on any atom is -0.492 e.